The minimum atomic E-state index is -0.0971. The van der Waals surface area contributed by atoms with Crippen LogP contribution in [-0.4, -0.2) is 36.3 Å². The Morgan fingerprint density at radius 3 is 3.17 bits per heavy atom. The number of benzene rings is 1. The summed E-state index contributed by atoms with van der Waals surface area (Å²) in [5.74, 6) is 0.925. The summed E-state index contributed by atoms with van der Waals surface area (Å²) in [5, 5.41) is 0.435. The van der Waals surface area contributed by atoms with Crippen molar-refractivity contribution in [3.05, 3.63) is 35.4 Å². The molecule has 0 spiro atoms. The Kier molecular flexibility index (Phi) is 3.31. The van der Waals surface area contributed by atoms with Gasteiger partial charge in [0.15, 0.2) is 0 Å². The molecule has 0 N–H and O–H groups in total. The van der Waals surface area contributed by atoms with Crippen molar-refractivity contribution in [1.29, 1.82) is 0 Å². The summed E-state index contributed by atoms with van der Waals surface area (Å²) in [6, 6.07) is 9.00. The predicted octanol–water partition coefficient (Wildman–Crippen LogP) is 2.22. The maximum atomic E-state index is 11.4. The van der Waals surface area contributed by atoms with Crippen LogP contribution in [0.3, 0.4) is 0 Å². The van der Waals surface area contributed by atoms with Crippen LogP contribution < -0.4 is 0 Å². The van der Waals surface area contributed by atoms with Crippen LogP contribution in [-0.2, 0) is 16.0 Å². The molecule has 0 saturated carbocycles. The molecule has 3 rings (SSSR count). The Morgan fingerprint density at radius 1 is 1.50 bits per heavy atom. The highest BCUT2D eigenvalue weighted by Gasteiger charge is 2.39. The van der Waals surface area contributed by atoms with Gasteiger partial charge in [-0.05, 0) is 17.5 Å². The molecule has 2 aliphatic rings. The van der Waals surface area contributed by atoms with Crippen LogP contribution in [0.5, 0.6) is 0 Å². The van der Waals surface area contributed by atoms with Gasteiger partial charge in [0.25, 0.3) is 0 Å². The van der Waals surface area contributed by atoms with Crippen molar-refractivity contribution in [3.8, 4) is 0 Å². The first-order valence-corrected chi connectivity index (χ1v) is 7.36. The maximum absolute atomic E-state index is 11.4. The van der Waals surface area contributed by atoms with Gasteiger partial charge in [0, 0.05) is 18.3 Å². The topological polar surface area (TPSA) is 29.5 Å². The number of thioether (sulfide) groups is 1. The molecule has 4 heteroatoms. The third kappa shape index (κ3) is 2.04. The molecule has 1 fully saturated rings. The Balaban J connectivity index is 1.80. The highest BCUT2D eigenvalue weighted by atomic mass is 32.2. The first-order valence-electron chi connectivity index (χ1n) is 6.31. The molecule has 1 aromatic carbocycles. The van der Waals surface area contributed by atoms with Crippen LogP contribution >= 0.6 is 11.8 Å². The van der Waals surface area contributed by atoms with Crippen LogP contribution in [0.2, 0.25) is 0 Å². The summed E-state index contributed by atoms with van der Waals surface area (Å²) in [6.45, 7) is 1.05. The van der Waals surface area contributed by atoms with E-state index in [0.29, 0.717) is 17.8 Å². The average Bonchev–Trinajstić information content (AvgIpc) is 2.82. The molecule has 0 aromatic heterocycles. The fourth-order valence-corrected chi connectivity index (χ4v) is 4.45. The molecule has 0 bridgehead atoms. The van der Waals surface area contributed by atoms with Gasteiger partial charge in [-0.25, -0.2) is 0 Å². The van der Waals surface area contributed by atoms with Gasteiger partial charge in [0.2, 0.25) is 0 Å². The smallest absolute Gasteiger partial charge is 0.307 e. The van der Waals surface area contributed by atoms with Crippen molar-refractivity contribution >= 4 is 17.7 Å². The third-order valence-corrected chi connectivity index (χ3v) is 5.22. The van der Waals surface area contributed by atoms with E-state index in [1.54, 1.807) is 0 Å². The van der Waals surface area contributed by atoms with E-state index in [9.17, 15) is 4.79 Å². The molecule has 2 atom stereocenters. The molecule has 2 heterocycles. The van der Waals surface area contributed by atoms with E-state index in [-0.39, 0.29) is 5.97 Å². The van der Waals surface area contributed by atoms with Gasteiger partial charge >= 0.3 is 5.97 Å². The predicted molar refractivity (Wildman–Crippen MR) is 72.5 cm³/mol. The number of hydrogen-bond acceptors (Lipinski definition) is 4. The molecular weight excluding hydrogens is 246 g/mol. The number of carbonyl (C=O) groups is 1. The first-order chi connectivity index (χ1) is 8.79. The second kappa shape index (κ2) is 4.94. The summed E-state index contributed by atoms with van der Waals surface area (Å²) >= 11 is 1.95. The van der Waals surface area contributed by atoms with E-state index in [2.05, 4.69) is 29.2 Å². The van der Waals surface area contributed by atoms with Crippen molar-refractivity contribution in [3.63, 3.8) is 0 Å². The van der Waals surface area contributed by atoms with Gasteiger partial charge in [-0.3, -0.25) is 9.69 Å². The van der Waals surface area contributed by atoms with Crippen molar-refractivity contribution < 1.29 is 9.53 Å². The SMILES string of the molecule is COC(=O)CC1CS[C@H]2c3ccccc3CCN12. The Hall–Kier alpha value is -1.00. The molecule has 1 saturated heterocycles. The lowest BCUT2D eigenvalue weighted by atomic mass is 9.98. The van der Waals surface area contributed by atoms with Crippen molar-refractivity contribution in [1.82, 2.24) is 4.90 Å². The molecular formula is C14H17NO2S. The third-order valence-electron chi connectivity index (χ3n) is 3.81. The normalized spacial score (nSPS) is 26.5. The zero-order chi connectivity index (χ0) is 12.5. The van der Waals surface area contributed by atoms with Crippen molar-refractivity contribution in [2.45, 2.75) is 24.3 Å². The fraction of sp³-hybridized carbons (Fsp3) is 0.500. The number of esters is 1. The summed E-state index contributed by atoms with van der Waals surface area (Å²) in [6.07, 6.45) is 1.60. The maximum Gasteiger partial charge on any atom is 0.307 e. The van der Waals surface area contributed by atoms with Crippen LogP contribution in [0.25, 0.3) is 0 Å². The quantitative estimate of drug-likeness (QED) is 0.765. The zero-order valence-electron chi connectivity index (χ0n) is 10.5. The van der Waals surface area contributed by atoms with Gasteiger partial charge < -0.3 is 4.74 Å². The second-order valence-corrected chi connectivity index (χ2v) is 5.92. The van der Waals surface area contributed by atoms with E-state index in [0.717, 1.165) is 18.7 Å². The average molecular weight is 263 g/mol. The van der Waals surface area contributed by atoms with Gasteiger partial charge in [0.05, 0.1) is 18.9 Å². The Morgan fingerprint density at radius 2 is 2.33 bits per heavy atom. The summed E-state index contributed by atoms with van der Waals surface area (Å²) in [7, 11) is 1.47. The lowest BCUT2D eigenvalue weighted by molar-refractivity contribution is -0.141. The Labute approximate surface area is 111 Å². The minimum absolute atomic E-state index is 0.0971. The lowest BCUT2D eigenvalue weighted by Gasteiger charge is -2.34. The molecule has 2 aliphatic heterocycles. The van der Waals surface area contributed by atoms with Crippen LogP contribution in [0, 0.1) is 0 Å². The number of nitrogens with zero attached hydrogens (tertiary/aromatic N) is 1. The number of fused-ring (bicyclic) bond motifs is 3. The molecule has 1 aromatic rings. The zero-order valence-corrected chi connectivity index (χ0v) is 11.3. The van der Waals surface area contributed by atoms with E-state index >= 15 is 0 Å². The van der Waals surface area contributed by atoms with E-state index < -0.39 is 0 Å². The molecule has 0 aliphatic carbocycles. The number of methoxy groups -OCH3 is 1. The molecule has 0 amide bonds. The van der Waals surface area contributed by atoms with E-state index in [1.807, 2.05) is 11.8 Å². The number of carbonyl (C=O) groups excluding carboxylic acids is 1. The van der Waals surface area contributed by atoms with Gasteiger partial charge in [-0.15, -0.1) is 11.8 Å². The van der Waals surface area contributed by atoms with Crippen molar-refractivity contribution in [2.75, 3.05) is 19.4 Å². The lowest BCUT2D eigenvalue weighted by Crippen LogP contribution is -2.38. The summed E-state index contributed by atoms with van der Waals surface area (Å²) in [4.78, 5) is 13.9. The second-order valence-electron chi connectivity index (χ2n) is 4.81. The van der Waals surface area contributed by atoms with Gasteiger partial charge in [0.1, 0.15) is 0 Å². The molecule has 0 radical (unpaired) electrons. The first kappa shape index (κ1) is 12.1. The molecule has 3 nitrogen and oxygen atoms in total. The number of rotatable bonds is 2. The van der Waals surface area contributed by atoms with Crippen LogP contribution in [0.1, 0.15) is 22.9 Å². The fourth-order valence-electron chi connectivity index (χ4n) is 2.86. The molecule has 18 heavy (non-hydrogen) atoms. The summed E-state index contributed by atoms with van der Waals surface area (Å²) < 4.78 is 4.79. The van der Waals surface area contributed by atoms with Gasteiger partial charge in [-0.2, -0.15) is 0 Å². The number of ether oxygens (including phenoxy) is 1. The summed E-state index contributed by atoms with van der Waals surface area (Å²) in [5.41, 5.74) is 2.89. The monoisotopic (exact) mass is 263 g/mol. The molecule has 1 unspecified atom stereocenters. The van der Waals surface area contributed by atoms with Crippen LogP contribution in [0.4, 0.5) is 0 Å². The van der Waals surface area contributed by atoms with Crippen molar-refractivity contribution in [2.24, 2.45) is 0 Å². The van der Waals surface area contributed by atoms with E-state index in [1.165, 1.54) is 18.2 Å². The molecule has 96 valence electrons. The van der Waals surface area contributed by atoms with Gasteiger partial charge in [-0.1, -0.05) is 24.3 Å². The standard InChI is InChI=1S/C14H17NO2S/c1-17-13(16)8-11-9-18-14-12-5-3-2-4-10(12)6-7-15(11)14/h2-5,11,14H,6-9H2,1H3/t11?,14-/m0/s1. The largest absolute Gasteiger partial charge is 0.469 e. The highest BCUT2D eigenvalue weighted by molar-refractivity contribution is 7.99. The Bertz CT molecular complexity index is 463. The van der Waals surface area contributed by atoms with E-state index in [4.69, 9.17) is 4.74 Å². The van der Waals surface area contributed by atoms with Crippen LogP contribution in [0.15, 0.2) is 24.3 Å². The minimum Gasteiger partial charge on any atom is -0.469 e. The number of hydrogen-bond donors (Lipinski definition) is 0. The highest BCUT2D eigenvalue weighted by Crippen LogP contribution is 2.45.